The van der Waals surface area contributed by atoms with Crippen molar-refractivity contribution in [2.45, 2.75) is 116 Å². The van der Waals surface area contributed by atoms with Gasteiger partial charge in [-0.3, -0.25) is 9.59 Å². The van der Waals surface area contributed by atoms with Crippen molar-refractivity contribution < 1.29 is 33.0 Å². The fourth-order valence-corrected chi connectivity index (χ4v) is 11.1. The molecule has 0 radical (unpaired) electrons. The summed E-state index contributed by atoms with van der Waals surface area (Å²) < 4.78 is 26.0. The Morgan fingerprint density at radius 3 is 1.59 bits per heavy atom. The number of rotatable bonds is 12. The van der Waals surface area contributed by atoms with Gasteiger partial charge in [0.05, 0.1) is 66.1 Å². The molecular weight excluding hydrogens is 868 g/mol. The average molecular weight is 933 g/mol. The van der Waals surface area contributed by atoms with Crippen molar-refractivity contribution >= 4 is 57.4 Å². The van der Waals surface area contributed by atoms with Crippen LogP contribution < -0.4 is 20.4 Å². The topological polar surface area (TPSA) is 181 Å². The highest BCUT2D eigenvalue weighted by molar-refractivity contribution is 5.88. The fourth-order valence-electron chi connectivity index (χ4n) is 11.1. The van der Waals surface area contributed by atoms with Crippen LogP contribution in [0.25, 0.3) is 22.1 Å². The first-order valence-electron chi connectivity index (χ1n) is 24.3. The van der Waals surface area contributed by atoms with Crippen LogP contribution in [0.5, 0.6) is 0 Å². The maximum Gasteiger partial charge on any atom is 0.407 e. The Morgan fingerprint density at radius 1 is 0.662 bits per heavy atom. The van der Waals surface area contributed by atoms with Gasteiger partial charge in [0.25, 0.3) is 0 Å². The zero-order valence-electron chi connectivity index (χ0n) is 40.2. The number of methoxy groups -OCH3 is 2. The van der Waals surface area contributed by atoms with E-state index in [2.05, 4.69) is 67.7 Å². The number of ether oxygens (including phenoxy) is 2. The van der Waals surface area contributed by atoms with Crippen LogP contribution in [0.15, 0.2) is 54.6 Å². The van der Waals surface area contributed by atoms with E-state index >= 15 is 4.39 Å². The van der Waals surface area contributed by atoms with Crippen molar-refractivity contribution in [3.8, 4) is 0 Å². The first-order chi connectivity index (χ1) is 32.7. The predicted octanol–water partition coefficient (Wildman–Crippen LogP) is 8.60. The second-order valence-corrected chi connectivity index (χ2v) is 19.9. The summed E-state index contributed by atoms with van der Waals surface area (Å²) in [4.78, 5) is 77.5. The van der Waals surface area contributed by atoms with Crippen molar-refractivity contribution in [1.29, 1.82) is 0 Å². The zero-order chi connectivity index (χ0) is 48.0. The monoisotopic (exact) mass is 933 g/mol. The Hall–Kier alpha value is -6.39. The lowest BCUT2D eigenvalue weighted by Crippen LogP contribution is -2.51. The third-order valence-corrected chi connectivity index (χ3v) is 14.7. The van der Waals surface area contributed by atoms with Crippen molar-refractivity contribution in [3.05, 3.63) is 83.2 Å². The predicted molar refractivity (Wildman–Crippen MR) is 257 cm³/mol. The smallest absolute Gasteiger partial charge is 0.407 e. The molecule has 9 rings (SSSR count). The molecule has 0 bridgehead atoms. The summed E-state index contributed by atoms with van der Waals surface area (Å²) in [6.07, 6.45) is 4.47. The van der Waals surface area contributed by atoms with Gasteiger partial charge in [0, 0.05) is 31.9 Å². The number of anilines is 2. The third-order valence-electron chi connectivity index (χ3n) is 14.7. The molecule has 17 heteroatoms. The summed E-state index contributed by atoms with van der Waals surface area (Å²) in [6.45, 7) is 12.6. The number of hydrogen-bond acceptors (Lipinski definition) is 10. The molecule has 7 atom stereocenters. The molecule has 0 spiro atoms. The Kier molecular flexibility index (Phi) is 13.3. The molecule has 2 aromatic heterocycles. The number of alkyl carbamates (subject to hydrolysis) is 2. The second kappa shape index (κ2) is 19.3. The van der Waals surface area contributed by atoms with Gasteiger partial charge in [-0.05, 0) is 116 Å². The largest absolute Gasteiger partial charge is 0.453 e. The lowest BCUT2D eigenvalue weighted by atomic mass is 10.0. The minimum atomic E-state index is -0.733. The molecule has 4 aliphatic rings. The number of fused-ring (bicyclic) bond motifs is 2. The highest BCUT2D eigenvalue weighted by Crippen LogP contribution is 2.49. The minimum Gasteiger partial charge on any atom is -0.453 e. The van der Waals surface area contributed by atoms with Crippen molar-refractivity contribution in [1.82, 2.24) is 40.4 Å². The van der Waals surface area contributed by atoms with Crippen molar-refractivity contribution in [2.24, 2.45) is 17.8 Å². The lowest BCUT2D eigenvalue weighted by Gasteiger charge is -2.34. The average Bonchev–Trinajstić information content (AvgIpc) is 4.19. The number of halogens is 1. The van der Waals surface area contributed by atoms with Gasteiger partial charge in [-0.15, -0.1) is 0 Å². The summed E-state index contributed by atoms with van der Waals surface area (Å²) in [7, 11) is 2.58. The van der Waals surface area contributed by atoms with E-state index < -0.39 is 24.3 Å². The standard InChI is InChI=1S/C51H65FN10O6/c1-28(2)44(57-50(65)67-6)48(63)60-21-8-10-42(60)46-53-35-15-12-31(24-37(35)55-46)39-18-19-40(62(39)33-14-17-41(34(52)26-33)59-23-20-30(5)27-59)32-13-16-36-38(25-32)56-47(54-36)43-11-9-22-61(43)49(64)45(29(3)4)58-51(66)68-7/h12-17,24-26,28-30,39-40,42-45H,8-11,18-23,27H2,1-7H3,(H,53,55)(H,54,56)(H,57,65)(H,58,66)/t30?,39-,40?,42+,43+,44+,45+/m1/s1. The summed E-state index contributed by atoms with van der Waals surface area (Å²) in [5.74, 6) is 1.06. The molecule has 5 aromatic rings. The molecule has 3 aromatic carbocycles. The molecule has 4 saturated heterocycles. The molecule has 4 aliphatic heterocycles. The molecule has 16 nitrogen and oxygen atoms in total. The number of imidazole rings is 2. The first kappa shape index (κ1) is 46.7. The highest BCUT2D eigenvalue weighted by atomic mass is 19.1. The number of nitrogens with zero attached hydrogens (tertiary/aromatic N) is 6. The van der Waals surface area contributed by atoms with E-state index in [1.807, 2.05) is 55.7 Å². The second-order valence-electron chi connectivity index (χ2n) is 19.9. The lowest BCUT2D eigenvalue weighted by molar-refractivity contribution is -0.136. The summed E-state index contributed by atoms with van der Waals surface area (Å²) in [6, 6.07) is 16.0. The van der Waals surface area contributed by atoms with Crippen LogP contribution in [-0.2, 0) is 19.1 Å². The number of carbonyl (C=O) groups excluding carboxylic acids is 4. The Balaban J connectivity index is 1.02. The van der Waals surface area contributed by atoms with E-state index in [1.54, 1.807) is 6.07 Å². The third kappa shape index (κ3) is 9.03. The van der Waals surface area contributed by atoms with Gasteiger partial charge in [0.1, 0.15) is 29.5 Å². The molecule has 0 saturated carbocycles. The molecule has 4 amide bonds. The van der Waals surface area contributed by atoms with Gasteiger partial charge in [0.15, 0.2) is 0 Å². The molecule has 362 valence electrons. The molecule has 68 heavy (non-hydrogen) atoms. The van der Waals surface area contributed by atoms with Crippen LogP contribution in [0.4, 0.5) is 25.4 Å². The van der Waals surface area contributed by atoms with Crippen LogP contribution in [0, 0.1) is 23.6 Å². The number of likely N-dealkylation sites (tertiary alicyclic amines) is 2. The number of H-pyrrole nitrogens is 2. The number of amides is 4. The van der Waals surface area contributed by atoms with E-state index in [4.69, 9.17) is 19.4 Å². The van der Waals surface area contributed by atoms with Gasteiger partial charge in [-0.2, -0.15) is 0 Å². The number of nitrogens with one attached hydrogen (secondary N) is 4. The van der Waals surface area contributed by atoms with Crippen LogP contribution in [0.1, 0.15) is 127 Å². The SMILES string of the molecule is COC(=O)N[C@H](C(=O)N1CCC[C@H]1c1nc2ccc(C3CC[C@H](c4ccc5nc([C@@H]6CCCN6C(=O)[C@@H](NC(=O)OC)C(C)C)[nH]c5c4)N3c3ccc(N4CCC(C)C4)c(F)c3)cc2[nH]1)C(C)C. The Morgan fingerprint density at radius 2 is 1.16 bits per heavy atom. The normalized spacial score (nSPS) is 22.8. The molecule has 4 fully saturated rings. The molecule has 0 aliphatic carbocycles. The first-order valence-corrected chi connectivity index (χ1v) is 24.3. The number of carbonyl (C=O) groups is 4. The summed E-state index contributed by atoms with van der Waals surface area (Å²) >= 11 is 0. The molecule has 6 heterocycles. The number of hydrogen-bond donors (Lipinski definition) is 4. The molecule has 4 N–H and O–H groups in total. The molecule has 2 unspecified atom stereocenters. The maximum atomic E-state index is 16.4. The van der Waals surface area contributed by atoms with Gasteiger partial charge in [0.2, 0.25) is 11.8 Å². The van der Waals surface area contributed by atoms with E-state index in [9.17, 15) is 19.2 Å². The van der Waals surface area contributed by atoms with Gasteiger partial charge in [-0.1, -0.05) is 46.8 Å². The van der Waals surface area contributed by atoms with E-state index in [-0.39, 0.29) is 53.6 Å². The van der Waals surface area contributed by atoms with Crippen LogP contribution in [0.3, 0.4) is 0 Å². The number of aromatic amines is 2. The van der Waals surface area contributed by atoms with Gasteiger partial charge < -0.3 is 49.7 Å². The van der Waals surface area contributed by atoms with E-state index in [1.165, 1.54) is 14.2 Å². The Bertz CT molecular complexity index is 2540. The number of aromatic nitrogens is 4. The highest BCUT2D eigenvalue weighted by Gasteiger charge is 2.41. The van der Waals surface area contributed by atoms with E-state index in [0.717, 1.165) is 96.9 Å². The van der Waals surface area contributed by atoms with Crippen molar-refractivity contribution in [2.75, 3.05) is 50.2 Å². The minimum absolute atomic E-state index is 0.104. The zero-order valence-corrected chi connectivity index (χ0v) is 40.2. The Labute approximate surface area is 396 Å². The van der Waals surface area contributed by atoms with Crippen LogP contribution in [-0.4, -0.2) is 106 Å². The van der Waals surface area contributed by atoms with Crippen LogP contribution in [0.2, 0.25) is 0 Å². The maximum absolute atomic E-state index is 16.4. The summed E-state index contributed by atoms with van der Waals surface area (Å²) in [5.41, 5.74) is 6.82. The number of benzene rings is 3. The van der Waals surface area contributed by atoms with Gasteiger partial charge in [-0.25, -0.2) is 23.9 Å². The molecular formula is C51H65FN10O6. The van der Waals surface area contributed by atoms with Gasteiger partial charge >= 0.3 is 12.2 Å². The van der Waals surface area contributed by atoms with Crippen molar-refractivity contribution in [3.63, 3.8) is 0 Å². The summed E-state index contributed by atoms with van der Waals surface area (Å²) in [5, 5.41) is 5.46. The fraction of sp³-hybridized carbons (Fsp3) is 0.529. The van der Waals surface area contributed by atoms with E-state index in [0.29, 0.717) is 36.3 Å². The quantitative estimate of drug-likeness (QED) is 0.0946. The van der Waals surface area contributed by atoms with Crippen LogP contribution >= 0.6 is 0 Å².